The van der Waals surface area contributed by atoms with Crippen LogP contribution in [0.2, 0.25) is 0 Å². The smallest absolute Gasteiger partial charge is 0.227 e. The highest BCUT2D eigenvalue weighted by molar-refractivity contribution is 6.00. The Bertz CT molecular complexity index is 1020. The van der Waals surface area contributed by atoms with Crippen LogP contribution in [0.5, 0.6) is 28.7 Å². The second-order valence-corrected chi connectivity index (χ2v) is 7.93. The normalized spacial score (nSPS) is 17.8. The molecule has 1 fully saturated rings. The maximum atomic E-state index is 12.7. The molecule has 2 unspecified atom stereocenters. The molecule has 2 aliphatic heterocycles. The van der Waals surface area contributed by atoms with Crippen LogP contribution in [0.1, 0.15) is 6.42 Å². The summed E-state index contributed by atoms with van der Waals surface area (Å²) >= 11 is 0. The van der Waals surface area contributed by atoms with Gasteiger partial charge < -0.3 is 39.0 Å². The highest BCUT2D eigenvalue weighted by Crippen LogP contribution is 2.37. The Balaban J connectivity index is 1.29. The van der Waals surface area contributed by atoms with Gasteiger partial charge in [-0.25, -0.2) is 0 Å². The van der Waals surface area contributed by atoms with Gasteiger partial charge in [0.2, 0.25) is 17.6 Å². The third-order valence-corrected chi connectivity index (χ3v) is 5.65. The third kappa shape index (κ3) is 5.12. The molecule has 182 valence electrons. The van der Waals surface area contributed by atoms with E-state index in [9.17, 15) is 14.7 Å². The lowest BCUT2D eigenvalue weighted by Gasteiger charge is -2.22. The SMILES string of the molecule is COc1cccc(OC)c1OCC(O)CNC(=O)C1CC(=O)N(c2ccc3c(c2)OCCO3)C1. The maximum Gasteiger partial charge on any atom is 0.227 e. The summed E-state index contributed by atoms with van der Waals surface area (Å²) in [5.41, 5.74) is 0.656. The summed E-state index contributed by atoms with van der Waals surface area (Å²) < 4.78 is 27.3. The summed E-state index contributed by atoms with van der Waals surface area (Å²) in [5, 5.41) is 13.0. The summed E-state index contributed by atoms with van der Waals surface area (Å²) in [7, 11) is 3.02. The molecule has 2 heterocycles. The van der Waals surface area contributed by atoms with Crippen molar-refractivity contribution in [1.82, 2.24) is 5.32 Å². The standard InChI is InChI=1S/C24H28N2O8/c1-30-19-4-3-5-20(31-2)23(19)34-14-17(27)12-25-24(29)15-10-22(28)26(13-15)16-6-7-18-21(11-16)33-9-8-32-18/h3-7,11,15,17,27H,8-10,12-14H2,1-2H3,(H,25,29). The van der Waals surface area contributed by atoms with Crippen LogP contribution < -0.4 is 33.9 Å². The molecular formula is C24H28N2O8. The van der Waals surface area contributed by atoms with Gasteiger partial charge in [-0.05, 0) is 24.3 Å². The van der Waals surface area contributed by atoms with Crippen molar-refractivity contribution in [2.24, 2.45) is 5.92 Å². The van der Waals surface area contributed by atoms with E-state index in [4.69, 9.17) is 23.7 Å². The van der Waals surface area contributed by atoms with E-state index in [1.807, 2.05) is 0 Å². The number of rotatable bonds is 9. The Hall–Kier alpha value is -3.66. The van der Waals surface area contributed by atoms with E-state index in [0.29, 0.717) is 47.6 Å². The number of benzene rings is 2. The lowest BCUT2D eigenvalue weighted by molar-refractivity contribution is -0.126. The Morgan fingerprint density at radius 2 is 1.85 bits per heavy atom. The second-order valence-electron chi connectivity index (χ2n) is 7.93. The number of ether oxygens (including phenoxy) is 5. The van der Waals surface area contributed by atoms with E-state index in [1.165, 1.54) is 14.2 Å². The molecular weight excluding hydrogens is 444 g/mol. The number of anilines is 1. The van der Waals surface area contributed by atoms with Gasteiger partial charge in [0.1, 0.15) is 25.9 Å². The van der Waals surface area contributed by atoms with Crippen LogP contribution in [0.3, 0.4) is 0 Å². The fraction of sp³-hybridized carbons (Fsp3) is 0.417. The van der Waals surface area contributed by atoms with Crippen molar-refractivity contribution in [2.45, 2.75) is 12.5 Å². The van der Waals surface area contributed by atoms with Crippen molar-refractivity contribution in [2.75, 3.05) is 52.0 Å². The highest BCUT2D eigenvalue weighted by Gasteiger charge is 2.35. The van der Waals surface area contributed by atoms with Crippen LogP contribution in [0.25, 0.3) is 0 Å². The first-order chi connectivity index (χ1) is 16.5. The largest absolute Gasteiger partial charge is 0.493 e. The van der Waals surface area contributed by atoms with Gasteiger partial charge >= 0.3 is 0 Å². The van der Waals surface area contributed by atoms with Crippen molar-refractivity contribution >= 4 is 17.5 Å². The molecule has 2 amide bonds. The zero-order valence-corrected chi connectivity index (χ0v) is 19.1. The predicted molar refractivity (Wildman–Crippen MR) is 122 cm³/mol. The summed E-state index contributed by atoms with van der Waals surface area (Å²) in [5.74, 6) is 1.56. The molecule has 2 aliphatic rings. The number of carbonyl (C=O) groups excluding carboxylic acids is 2. The zero-order chi connectivity index (χ0) is 24.1. The molecule has 34 heavy (non-hydrogen) atoms. The number of hydrogen-bond acceptors (Lipinski definition) is 8. The van der Waals surface area contributed by atoms with Gasteiger partial charge in [-0.2, -0.15) is 0 Å². The maximum absolute atomic E-state index is 12.7. The number of nitrogens with one attached hydrogen (secondary N) is 1. The Morgan fingerprint density at radius 3 is 2.56 bits per heavy atom. The number of para-hydroxylation sites is 1. The van der Waals surface area contributed by atoms with Gasteiger partial charge in [0.25, 0.3) is 0 Å². The topological polar surface area (TPSA) is 116 Å². The van der Waals surface area contributed by atoms with Crippen LogP contribution in [0.4, 0.5) is 5.69 Å². The number of nitrogens with zero attached hydrogens (tertiary/aromatic N) is 1. The molecule has 10 nitrogen and oxygen atoms in total. The van der Waals surface area contributed by atoms with Crippen LogP contribution in [0.15, 0.2) is 36.4 Å². The molecule has 2 N–H and O–H groups in total. The van der Waals surface area contributed by atoms with Crippen LogP contribution in [-0.4, -0.2) is 70.2 Å². The number of methoxy groups -OCH3 is 2. The Morgan fingerprint density at radius 1 is 1.15 bits per heavy atom. The first-order valence-electron chi connectivity index (χ1n) is 11.0. The average Bonchev–Trinajstić information content (AvgIpc) is 3.26. The van der Waals surface area contributed by atoms with Crippen molar-refractivity contribution in [3.63, 3.8) is 0 Å². The molecule has 2 aromatic carbocycles. The van der Waals surface area contributed by atoms with E-state index in [2.05, 4.69) is 5.32 Å². The van der Waals surface area contributed by atoms with E-state index < -0.39 is 12.0 Å². The van der Waals surface area contributed by atoms with Crippen LogP contribution in [0, 0.1) is 5.92 Å². The zero-order valence-electron chi connectivity index (χ0n) is 19.1. The van der Waals surface area contributed by atoms with Crippen molar-refractivity contribution in [3.8, 4) is 28.7 Å². The average molecular weight is 472 g/mol. The fourth-order valence-electron chi connectivity index (χ4n) is 3.89. The van der Waals surface area contributed by atoms with Crippen molar-refractivity contribution in [1.29, 1.82) is 0 Å². The predicted octanol–water partition coefficient (Wildman–Crippen LogP) is 1.38. The molecule has 1 saturated heterocycles. The monoisotopic (exact) mass is 472 g/mol. The van der Waals surface area contributed by atoms with Gasteiger partial charge in [0, 0.05) is 31.3 Å². The second kappa shape index (κ2) is 10.5. The van der Waals surface area contributed by atoms with E-state index in [0.717, 1.165) is 0 Å². The number of amides is 2. The fourth-order valence-corrected chi connectivity index (χ4v) is 3.89. The van der Waals surface area contributed by atoms with Crippen molar-refractivity contribution in [3.05, 3.63) is 36.4 Å². The quantitative estimate of drug-likeness (QED) is 0.563. The highest BCUT2D eigenvalue weighted by atomic mass is 16.6. The van der Waals surface area contributed by atoms with Gasteiger partial charge in [0.15, 0.2) is 23.0 Å². The number of fused-ring (bicyclic) bond motifs is 1. The summed E-state index contributed by atoms with van der Waals surface area (Å²) in [6.45, 7) is 1.08. The molecule has 2 aromatic rings. The molecule has 0 aliphatic carbocycles. The van der Waals surface area contributed by atoms with Gasteiger partial charge in [0.05, 0.1) is 20.1 Å². The van der Waals surface area contributed by atoms with Crippen LogP contribution in [-0.2, 0) is 9.59 Å². The van der Waals surface area contributed by atoms with Crippen LogP contribution >= 0.6 is 0 Å². The minimum atomic E-state index is -0.968. The molecule has 0 spiro atoms. The molecule has 0 saturated carbocycles. The lowest BCUT2D eigenvalue weighted by atomic mass is 10.1. The molecule has 0 bridgehead atoms. The molecule has 0 aromatic heterocycles. The summed E-state index contributed by atoms with van der Waals surface area (Å²) in [6.07, 6.45) is -0.879. The van der Waals surface area contributed by atoms with Gasteiger partial charge in [-0.1, -0.05) is 6.07 Å². The third-order valence-electron chi connectivity index (χ3n) is 5.65. The molecule has 10 heteroatoms. The summed E-state index contributed by atoms with van der Waals surface area (Å²) in [6, 6.07) is 10.5. The Kier molecular flexibility index (Phi) is 7.27. The lowest BCUT2D eigenvalue weighted by Crippen LogP contribution is -2.39. The first kappa shape index (κ1) is 23.5. The molecule has 2 atom stereocenters. The number of carbonyl (C=O) groups is 2. The number of hydrogen-bond donors (Lipinski definition) is 2. The van der Waals surface area contributed by atoms with Crippen molar-refractivity contribution < 1.29 is 38.4 Å². The minimum absolute atomic E-state index is 0.0228. The number of aliphatic hydroxyl groups excluding tert-OH is 1. The number of aliphatic hydroxyl groups is 1. The molecule has 0 radical (unpaired) electrons. The van der Waals surface area contributed by atoms with E-state index >= 15 is 0 Å². The van der Waals surface area contributed by atoms with E-state index in [1.54, 1.807) is 41.3 Å². The summed E-state index contributed by atoms with van der Waals surface area (Å²) in [4.78, 5) is 26.8. The first-order valence-corrected chi connectivity index (χ1v) is 11.0. The van der Waals surface area contributed by atoms with Gasteiger partial charge in [-0.3, -0.25) is 9.59 Å². The molecule has 4 rings (SSSR count). The minimum Gasteiger partial charge on any atom is -0.493 e. The van der Waals surface area contributed by atoms with Gasteiger partial charge in [-0.15, -0.1) is 0 Å². The Labute approximate surface area is 197 Å². The van der Waals surface area contributed by atoms with E-state index in [-0.39, 0.29) is 37.9 Å².